The zero-order chi connectivity index (χ0) is 15.6. The lowest BCUT2D eigenvalue weighted by atomic mass is 9.76. The highest BCUT2D eigenvalue weighted by Gasteiger charge is 2.44. The Balaban J connectivity index is 1.65. The van der Waals surface area contributed by atoms with Crippen molar-refractivity contribution < 1.29 is 0 Å². The highest BCUT2D eigenvalue weighted by molar-refractivity contribution is 5.50. The Morgan fingerprint density at radius 2 is 1.61 bits per heavy atom. The van der Waals surface area contributed by atoms with Crippen LogP contribution in [0.2, 0.25) is 0 Å². The first-order valence-electron chi connectivity index (χ1n) is 8.83. The van der Waals surface area contributed by atoms with Crippen LogP contribution in [0.4, 0.5) is 0 Å². The van der Waals surface area contributed by atoms with Gasteiger partial charge in [-0.15, -0.1) is 0 Å². The fourth-order valence-electron chi connectivity index (χ4n) is 4.61. The first-order valence-corrected chi connectivity index (χ1v) is 8.83. The number of nitrogens with zero attached hydrogens (tertiary/aromatic N) is 1. The Bertz CT molecular complexity index is 661. The van der Waals surface area contributed by atoms with Gasteiger partial charge >= 0.3 is 0 Å². The van der Waals surface area contributed by atoms with Crippen LogP contribution < -0.4 is 0 Å². The van der Waals surface area contributed by atoms with Gasteiger partial charge in [-0.25, -0.2) is 0 Å². The number of benzene rings is 2. The minimum Gasteiger partial charge on any atom is -0.300 e. The molecular formula is C22H25N. The summed E-state index contributed by atoms with van der Waals surface area (Å²) in [6.45, 7) is 0. The number of piperidine rings is 1. The fourth-order valence-corrected chi connectivity index (χ4v) is 4.61. The van der Waals surface area contributed by atoms with Crippen LogP contribution in [0.25, 0.3) is 6.08 Å². The fraction of sp³-hybridized carbons (Fsp3) is 0.364. The monoisotopic (exact) mass is 303 g/mol. The maximum atomic E-state index is 2.64. The summed E-state index contributed by atoms with van der Waals surface area (Å²) < 4.78 is 0. The van der Waals surface area contributed by atoms with Gasteiger partial charge in [-0.2, -0.15) is 0 Å². The van der Waals surface area contributed by atoms with Gasteiger partial charge in [-0.1, -0.05) is 72.8 Å². The van der Waals surface area contributed by atoms with Gasteiger partial charge in [0.05, 0.1) is 0 Å². The van der Waals surface area contributed by atoms with E-state index in [1.54, 1.807) is 0 Å². The second kappa shape index (κ2) is 6.33. The molecule has 2 aromatic carbocycles. The molecule has 2 saturated heterocycles. The van der Waals surface area contributed by atoms with E-state index >= 15 is 0 Å². The third kappa shape index (κ3) is 2.86. The van der Waals surface area contributed by atoms with Crippen LogP contribution >= 0.6 is 0 Å². The molecule has 2 aliphatic rings. The normalized spacial score (nSPS) is 30.8. The molecule has 2 aliphatic heterocycles. The quantitative estimate of drug-likeness (QED) is 0.774. The van der Waals surface area contributed by atoms with E-state index in [0.717, 1.165) is 6.04 Å². The molecule has 23 heavy (non-hydrogen) atoms. The van der Waals surface area contributed by atoms with Gasteiger partial charge in [0.25, 0.3) is 0 Å². The molecule has 2 fully saturated rings. The molecule has 0 unspecified atom stereocenters. The lowest BCUT2D eigenvalue weighted by molar-refractivity contribution is 0.124. The van der Waals surface area contributed by atoms with Gasteiger partial charge in [0.1, 0.15) is 0 Å². The molecule has 0 saturated carbocycles. The van der Waals surface area contributed by atoms with E-state index in [1.165, 1.54) is 30.4 Å². The summed E-state index contributed by atoms with van der Waals surface area (Å²) in [5, 5.41) is 0. The number of hydrogen-bond acceptors (Lipinski definition) is 1. The average Bonchev–Trinajstić information content (AvgIpc) is 2.85. The van der Waals surface area contributed by atoms with Crippen LogP contribution in [-0.4, -0.2) is 24.0 Å². The van der Waals surface area contributed by atoms with Crippen molar-refractivity contribution in [2.45, 2.75) is 37.3 Å². The minimum absolute atomic E-state index is 0.612. The van der Waals surface area contributed by atoms with Crippen LogP contribution in [0.15, 0.2) is 66.7 Å². The van der Waals surface area contributed by atoms with Crippen molar-refractivity contribution in [3.8, 4) is 0 Å². The molecule has 4 atom stereocenters. The summed E-state index contributed by atoms with van der Waals surface area (Å²) >= 11 is 0. The van der Waals surface area contributed by atoms with Crippen LogP contribution in [0.3, 0.4) is 0 Å². The first kappa shape index (κ1) is 14.7. The van der Waals surface area contributed by atoms with E-state index in [1.807, 2.05) is 0 Å². The second-order valence-corrected chi connectivity index (χ2v) is 7.06. The maximum absolute atomic E-state index is 2.64. The third-order valence-corrected chi connectivity index (χ3v) is 5.87. The van der Waals surface area contributed by atoms with Crippen LogP contribution in [-0.2, 0) is 0 Å². The molecular weight excluding hydrogens is 278 g/mol. The Kier molecular flexibility index (Phi) is 4.05. The largest absolute Gasteiger partial charge is 0.300 e. The zero-order valence-electron chi connectivity index (χ0n) is 13.8. The molecule has 4 rings (SSSR count). The SMILES string of the molecule is CN1[C@H]2CC[C@@H]1[C@@H](/C=C\c1ccccc1)[C@@H](c1ccccc1)C2. The number of hydrogen-bond donors (Lipinski definition) is 0. The smallest absolute Gasteiger partial charge is 0.0164 e. The van der Waals surface area contributed by atoms with E-state index in [0.29, 0.717) is 17.9 Å². The molecule has 1 heteroatoms. The lowest BCUT2D eigenvalue weighted by Gasteiger charge is -2.42. The molecule has 118 valence electrons. The Morgan fingerprint density at radius 3 is 2.35 bits per heavy atom. The highest BCUT2D eigenvalue weighted by atomic mass is 15.2. The van der Waals surface area contributed by atoms with E-state index in [-0.39, 0.29) is 0 Å². The van der Waals surface area contributed by atoms with E-state index in [9.17, 15) is 0 Å². The predicted molar refractivity (Wildman–Crippen MR) is 97.3 cm³/mol. The number of fused-ring (bicyclic) bond motifs is 2. The summed E-state index contributed by atoms with van der Waals surface area (Å²) in [4.78, 5) is 2.64. The molecule has 0 N–H and O–H groups in total. The van der Waals surface area contributed by atoms with Gasteiger partial charge in [0.2, 0.25) is 0 Å². The zero-order valence-corrected chi connectivity index (χ0v) is 13.8. The van der Waals surface area contributed by atoms with Crippen molar-refractivity contribution in [1.82, 2.24) is 4.90 Å². The molecule has 0 aliphatic carbocycles. The Hall–Kier alpha value is -1.86. The molecule has 0 aromatic heterocycles. The summed E-state index contributed by atoms with van der Waals surface area (Å²) in [7, 11) is 2.33. The molecule has 2 aromatic rings. The van der Waals surface area contributed by atoms with Gasteiger partial charge in [-0.3, -0.25) is 4.90 Å². The molecule has 0 spiro atoms. The standard InChI is InChI=1S/C22H25N/c1-23-19-13-15-22(23)20(14-12-17-8-4-2-5-9-17)21(16-19)18-10-6-3-7-11-18/h2-12,14,19-22H,13,15-16H2,1H3/b14-12-/t19-,20-,21+,22+/m0/s1. The van der Waals surface area contributed by atoms with Gasteiger partial charge in [0.15, 0.2) is 0 Å². The predicted octanol–water partition coefficient (Wildman–Crippen LogP) is 4.97. The Labute approximate surface area is 139 Å². The lowest BCUT2D eigenvalue weighted by Crippen LogP contribution is -2.45. The van der Waals surface area contributed by atoms with Gasteiger partial charge < -0.3 is 0 Å². The first-order chi connectivity index (χ1) is 11.3. The summed E-state index contributed by atoms with van der Waals surface area (Å²) in [6.07, 6.45) is 8.80. The topological polar surface area (TPSA) is 3.24 Å². The summed E-state index contributed by atoms with van der Waals surface area (Å²) in [5.74, 6) is 1.27. The van der Waals surface area contributed by atoms with Crippen molar-refractivity contribution >= 4 is 6.08 Å². The number of rotatable bonds is 3. The van der Waals surface area contributed by atoms with E-state index in [2.05, 4.69) is 84.8 Å². The van der Waals surface area contributed by atoms with Crippen LogP contribution in [0.1, 0.15) is 36.3 Å². The van der Waals surface area contributed by atoms with Crippen molar-refractivity contribution in [3.05, 3.63) is 77.9 Å². The summed E-state index contributed by atoms with van der Waals surface area (Å²) in [6, 6.07) is 23.3. The van der Waals surface area contributed by atoms with Crippen molar-refractivity contribution in [2.75, 3.05) is 7.05 Å². The van der Waals surface area contributed by atoms with Crippen molar-refractivity contribution in [3.63, 3.8) is 0 Å². The Morgan fingerprint density at radius 1 is 0.913 bits per heavy atom. The molecule has 0 amide bonds. The van der Waals surface area contributed by atoms with Crippen molar-refractivity contribution in [2.24, 2.45) is 5.92 Å². The van der Waals surface area contributed by atoms with Crippen LogP contribution in [0, 0.1) is 5.92 Å². The van der Waals surface area contributed by atoms with Gasteiger partial charge in [0, 0.05) is 12.1 Å². The molecule has 1 nitrogen and oxygen atoms in total. The summed E-state index contributed by atoms with van der Waals surface area (Å²) in [5.41, 5.74) is 2.82. The molecule has 0 radical (unpaired) electrons. The third-order valence-electron chi connectivity index (χ3n) is 5.87. The van der Waals surface area contributed by atoms with E-state index in [4.69, 9.17) is 0 Å². The van der Waals surface area contributed by atoms with Gasteiger partial charge in [-0.05, 0) is 49.3 Å². The van der Waals surface area contributed by atoms with Crippen molar-refractivity contribution in [1.29, 1.82) is 0 Å². The average molecular weight is 303 g/mol. The van der Waals surface area contributed by atoms with Crippen LogP contribution in [0.5, 0.6) is 0 Å². The highest BCUT2D eigenvalue weighted by Crippen LogP contribution is 2.46. The van der Waals surface area contributed by atoms with E-state index < -0.39 is 0 Å². The molecule has 2 heterocycles. The molecule has 2 bridgehead atoms. The second-order valence-electron chi connectivity index (χ2n) is 7.06. The maximum Gasteiger partial charge on any atom is 0.0164 e. The minimum atomic E-state index is 0.612.